The number of carbonyl (C=O) groups is 2. The zero-order valence-electron chi connectivity index (χ0n) is 36.5. The fourth-order valence-electron chi connectivity index (χ4n) is 10.6. The Morgan fingerprint density at radius 1 is 0.892 bits per heavy atom. The summed E-state index contributed by atoms with van der Waals surface area (Å²) in [5.41, 5.74) is 6.17. The van der Waals surface area contributed by atoms with Gasteiger partial charge in [0.2, 0.25) is 0 Å². The SMILES string of the molecule is O=C1CCc2cc(OC3CCCC3)c(O)c(c2)C(O)c2ccc(CCO)c(c2)Cc2cc[nH]c2[N-]CC2=Cc3[n-]ccc3C(CC3(O)C=Cc4c(O)cccc4CC3)C2C(=O)C1CCO. The molecule has 1 aliphatic heterocycles. The van der Waals surface area contributed by atoms with Gasteiger partial charge in [0, 0.05) is 36.7 Å². The Hall–Kier alpha value is -5.92. The van der Waals surface area contributed by atoms with E-state index in [1.165, 1.54) is 0 Å². The molecule has 5 unspecified atom stereocenters. The summed E-state index contributed by atoms with van der Waals surface area (Å²) >= 11 is 0. The number of aromatic nitrogens is 2. The molecule has 3 aliphatic carbocycles. The molecule has 0 amide bonds. The number of rotatable bonds is 8. The second-order valence-corrected chi connectivity index (χ2v) is 18.3. The first-order chi connectivity index (χ1) is 31.5. The number of fused-ring (bicyclic) bond motifs is 8. The van der Waals surface area contributed by atoms with Crippen molar-refractivity contribution in [1.82, 2.24) is 9.97 Å². The van der Waals surface area contributed by atoms with Crippen LogP contribution in [0.1, 0.15) is 119 Å². The molecular weight excluding hydrogens is 823 g/mol. The molecule has 5 atom stereocenters. The highest BCUT2D eigenvalue weighted by Gasteiger charge is 2.43. The van der Waals surface area contributed by atoms with E-state index in [4.69, 9.17) is 10.1 Å². The van der Waals surface area contributed by atoms with E-state index in [0.717, 1.165) is 53.5 Å². The van der Waals surface area contributed by atoms with Crippen LogP contribution in [0.2, 0.25) is 0 Å². The summed E-state index contributed by atoms with van der Waals surface area (Å²) in [5.74, 6) is -2.71. The highest BCUT2D eigenvalue weighted by molar-refractivity contribution is 6.05. The lowest BCUT2D eigenvalue weighted by Gasteiger charge is -2.40. The smallest absolute Gasteiger partial charge is 0.163 e. The summed E-state index contributed by atoms with van der Waals surface area (Å²) in [6.45, 7) is -0.418. The Balaban J connectivity index is 1.14. The number of Topliss-reactive ketones (excluding diaryl/α,β-unsaturated/α-hetero) is 2. The number of ketones is 2. The van der Waals surface area contributed by atoms with Gasteiger partial charge < -0.3 is 50.7 Å². The third-order valence-electron chi connectivity index (χ3n) is 14.1. The molecule has 3 heterocycles. The van der Waals surface area contributed by atoms with Crippen molar-refractivity contribution in [2.75, 3.05) is 19.8 Å². The van der Waals surface area contributed by atoms with Gasteiger partial charge in [-0.2, -0.15) is 6.20 Å². The molecule has 0 saturated heterocycles. The van der Waals surface area contributed by atoms with Crippen LogP contribution in [0.25, 0.3) is 17.5 Å². The molecule has 0 spiro atoms. The Morgan fingerprint density at radius 3 is 2.55 bits per heavy atom. The quantitative estimate of drug-likeness (QED) is 0.0761. The Kier molecular flexibility index (Phi) is 12.9. The molecule has 3 aromatic carbocycles. The number of aromatic hydroxyl groups is 2. The minimum absolute atomic E-state index is 0.0656. The van der Waals surface area contributed by atoms with Crippen molar-refractivity contribution in [3.63, 3.8) is 0 Å². The lowest BCUT2D eigenvalue weighted by atomic mass is 9.67. The summed E-state index contributed by atoms with van der Waals surface area (Å²) in [4.78, 5) is 37.9. The van der Waals surface area contributed by atoms with Crippen LogP contribution in [0, 0.1) is 11.8 Å². The number of ether oxygens (including phenoxy) is 1. The average molecular weight is 880 g/mol. The van der Waals surface area contributed by atoms with Crippen molar-refractivity contribution in [2.45, 2.75) is 101 Å². The number of nitrogens with one attached hydrogen (secondary N) is 1. The number of aliphatic hydroxyl groups excluding tert-OH is 3. The highest BCUT2D eigenvalue weighted by atomic mass is 16.5. The largest absolute Gasteiger partial charge is 0.664 e. The minimum atomic E-state index is -1.40. The monoisotopic (exact) mass is 879 g/mol. The van der Waals surface area contributed by atoms with Crippen molar-refractivity contribution < 1.29 is 45.0 Å². The summed E-state index contributed by atoms with van der Waals surface area (Å²) in [5, 5.41) is 72.5. The van der Waals surface area contributed by atoms with Crippen LogP contribution in [0.3, 0.4) is 0 Å². The van der Waals surface area contributed by atoms with Crippen molar-refractivity contribution in [3.8, 4) is 17.2 Å². The first-order valence-electron chi connectivity index (χ1n) is 23.0. The fourth-order valence-corrected chi connectivity index (χ4v) is 10.6. The van der Waals surface area contributed by atoms with Crippen LogP contribution >= 0.6 is 0 Å². The number of aromatic amines is 1. The van der Waals surface area contributed by atoms with Gasteiger partial charge in [0.05, 0.1) is 17.6 Å². The Morgan fingerprint density at radius 2 is 1.74 bits per heavy atom. The van der Waals surface area contributed by atoms with Crippen LogP contribution in [0.4, 0.5) is 5.82 Å². The van der Waals surface area contributed by atoms with Crippen LogP contribution < -0.4 is 9.72 Å². The zero-order chi connectivity index (χ0) is 45.2. The molecule has 12 nitrogen and oxygen atoms in total. The topological polar surface area (TPSA) is 209 Å². The summed E-state index contributed by atoms with van der Waals surface area (Å²) in [7, 11) is 0. The maximum absolute atomic E-state index is 15.4. The van der Waals surface area contributed by atoms with E-state index in [1.54, 1.807) is 54.9 Å². The van der Waals surface area contributed by atoms with Crippen molar-refractivity contribution in [2.24, 2.45) is 11.8 Å². The van der Waals surface area contributed by atoms with E-state index < -0.39 is 36.1 Å². The predicted molar refractivity (Wildman–Crippen MR) is 246 cm³/mol. The maximum Gasteiger partial charge on any atom is 0.163 e. The van der Waals surface area contributed by atoms with E-state index in [0.29, 0.717) is 59.5 Å². The number of benzene rings is 3. The molecule has 1 saturated carbocycles. The summed E-state index contributed by atoms with van der Waals surface area (Å²) in [6.07, 6.45) is 12.8. The van der Waals surface area contributed by atoms with Gasteiger partial charge in [-0.15, -0.1) is 5.69 Å². The second kappa shape index (κ2) is 18.9. The number of H-pyrrole nitrogens is 1. The second-order valence-electron chi connectivity index (χ2n) is 18.3. The molecule has 4 aliphatic rings. The molecule has 0 radical (unpaired) electrons. The first kappa shape index (κ1) is 44.3. The number of hydrogen-bond donors (Lipinski definition) is 7. The number of phenolic OH excluding ortho intramolecular Hbond substituents is 2. The first-order valence-corrected chi connectivity index (χ1v) is 23.0. The number of aryl methyl sites for hydroxylation is 2. The Bertz CT molecular complexity index is 2620. The number of phenols is 2. The zero-order valence-corrected chi connectivity index (χ0v) is 36.5. The molecule has 340 valence electrons. The molecule has 65 heavy (non-hydrogen) atoms. The Labute approximate surface area is 378 Å². The molecule has 1 fully saturated rings. The van der Waals surface area contributed by atoms with Gasteiger partial charge in [-0.25, -0.2) is 0 Å². The molecule has 12 heteroatoms. The van der Waals surface area contributed by atoms with E-state index in [2.05, 4.69) is 9.97 Å². The van der Waals surface area contributed by atoms with Crippen LogP contribution in [-0.4, -0.2) is 78.7 Å². The van der Waals surface area contributed by atoms with Gasteiger partial charge in [0.15, 0.2) is 17.3 Å². The van der Waals surface area contributed by atoms with Crippen LogP contribution in [0.15, 0.2) is 84.7 Å². The van der Waals surface area contributed by atoms with Gasteiger partial charge in [-0.3, -0.25) is 9.59 Å². The van der Waals surface area contributed by atoms with E-state index in [1.807, 2.05) is 36.4 Å². The van der Waals surface area contributed by atoms with Gasteiger partial charge >= 0.3 is 0 Å². The molecule has 5 aromatic rings. The average Bonchev–Trinajstić information content (AvgIpc) is 4.08. The third-order valence-corrected chi connectivity index (χ3v) is 14.1. The molecule has 7 N–H and O–H groups in total. The van der Waals surface area contributed by atoms with Crippen molar-refractivity contribution in [1.29, 1.82) is 0 Å². The minimum Gasteiger partial charge on any atom is -0.664 e. The van der Waals surface area contributed by atoms with Gasteiger partial charge in [0.1, 0.15) is 17.6 Å². The fraction of sp³-hybridized carbons (Fsp3) is 0.396. The van der Waals surface area contributed by atoms with Crippen molar-refractivity contribution >= 4 is 29.5 Å². The molecule has 2 aromatic heterocycles. The van der Waals surface area contributed by atoms with Gasteiger partial charge in [-0.1, -0.05) is 83.8 Å². The van der Waals surface area contributed by atoms with Crippen LogP contribution in [0.5, 0.6) is 17.2 Å². The maximum atomic E-state index is 15.4. The van der Waals surface area contributed by atoms with E-state index >= 15 is 4.79 Å². The van der Waals surface area contributed by atoms with E-state index in [-0.39, 0.29) is 79.3 Å². The van der Waals surface area contributed by atoms with Crippen molar-refractivity contribution in [3.05, 3.63) is 146 Å². The summed E-state index contributed by atoms with van der Waals surface area (Å²) in [6, 6.07) is 18.1. The predicted octanol–water partition coefficient (Wildman–Crippen LogP) is 7.58. The molecule has 9 rings (SSSR count). The highest BCUT2D eigenvalue weighted by Crippen LogP contribution is 2.48. The molecule has 4 bridgehead atoms. The third kappa shape index (κ3) is 9.18. The normalized spacial score (nSPS) is 23.7. The number of hydrogen-bond acceptors (Lipinski definition) is 9. The van der Waals surface area contributed by atoms with Gasteiger partial charge in [-0.05, 0) is 135 Å². The molecular formula is C53H57N3O9-2. The van der Waals surface area contributed by atoms with Crippen LogP contribution in [-0.2, 0) is 35.3 Å². The number of aliphatic hydroxyl groups is 4. The van der Waals surface area contributed by atoms with E-state index in [9.17, 15) is 35.4 Å². The summed E-state index contributed by atoms with van der Waals surface area (Å²) < 4.78 is 6.37. The lowest BCUT2D eigenvalue weighted by Crippen LogP contribution is -2.40. The number of nitrogens with zero attached hydrogens (tertiary/aromatic N) is 2. The standard InChI is InChI=1S/C53H57N3O9/c57-22-16-32-9-10-34-26-36(32)27-35-14-20-55-52(35)56-30-37-28-44-40(15-21-54-44)43(29-53(64)18-12-33-4-3-7-45(59)39(33)13-19-53)48(37)51(63)41(17-23-58)46(60)11-8-31-24-42(49(34)61)50(62)47(25-31)65-38-5-1-2-6-38/h3-4,7,9-10,13-15,19-21,24-26,28,38,41,43,48-49,55,57-59,61-62,64H,1-2,5-6,8,11-12,16-18,22-23,27,29-30H2/q-2. The number of carbonyl (C=O) groups excluding carboxylic acids is 2. The lowest BCUT2D eigenvalue weighted by molar-refractivity contribution is -0.135. The van der Waals surface area contributed by atoms with Gasteiger partial charge in [0.25, 0.3) is 0 Å².